The Morgan fingerprint density at radius 2 is 1.92 bits per heavy atom. The minimum Gasteiger partial charge on any atom is -0.322 e. The molecule has 6 nitrogen and oxygen atoms in total. The molecule has 2 N–H and O–H groups in total. The van der Waals surface area contributed by atoms with Crippen LogP contribution in [-0.2, 0) is 9.59 Å². The highest BCUT2D eigenvalue weighted by molar-refractivity contribution is 8.00. The molecule has 1 saturated carbocycles. The van der Waals surface area contributed by atoms with Gasteiger partial charge in [-0.3, -0.25) is 15.0 Å². The number of hydrogen-bond acceptors (Lipinski definition) is 4. The van der Waals surface area contributed by atoms with Crippen LogP contribution in [0.15, 0.2) is 35.2 Å². The summed E-state index contributed by atoms with van der Waals surface area (Å²) in [4.78, 5) is 38.3. The van der Waals surface area contributed by atoms with E-state index in [0.29, 0.717) is 18.8 Å². The Kier molecular flexibility index (Phi) is 5.03. The van der Waals surface area contributed by atoms with Crippen LogP contribution in [0.2, 0.25) is 0 Å². The van der Waals surface area contributed by atoms with Gasteiger partial charge in [-0.1, -0.05) is 25.1 Å². The number of thioether (sulfide) groups is 1. The van der Waals surface area contributed by atoms with Crippen molar-refractivity contribution in [2.24, 2.45) is 5.92 Å². The molecule has 134 valence electrons. The summed E-state index contributed by atoms with van der Waals surface area (Å²) >= 11 is 1.38. The molecule has 1 aliphatic carbocycles. The maximum absolute atomic E-state index is 12.7. The Labute approximate surface area is 151 Å². The number of carbonyl (C=O) groups is 3. The van der Waals surface area contributed by atoms with Crippen molar-refractivity contribution in [2.45, 2.75) is 55.2 Å². The molecule has 25 heavy (non-hydrogen) atoms. The predicted molar refractivity (Wildman–Crippen MR) is 95.6 cm³/mol. The lowest BCUT2D eigenvalue weighted by molar-refractivity contribution is -0.139. The Morgan fingerprint density at radius 3 is 2.56 bits per heavy atom. The number of hydrogen-bond donors (Lipinski definition) is 2. The smallest absolute Gasteiger partial charge is 0.322 e. The molecule has 1 saturated heterocycles. The number of nitrogens with zero attached hydrogens (tertiary/aromatic N) is 1. The van der Waals surface area contributed by atoms with Crippen molar-refractivity contribution < 1.29 is 14.4 Å². The lowest BCUT2D eigenvalue weighted by atomic mass is 9.77. The number of hydrazine groups is 1. The van der Waals surface area contributed by atoms with Gasteiger partial charge < -0.3 is 5.32 Å². The van der Waals surface area contributed by atoms with E-state index in [-0.39, 0.29) is 11.8 Å². The summed E-state index contributed by atoms with van der Waals surface area (Å²) in [5.74, 6) is -0.144. The zero-order chi connectivity index (χ0) is 18.0. The molecule has 1 spiro atoms. The second-order valence-electron chi connectivity index (χ2n) is 6.88. The monoisotopic (exact) mass is 361 g/mol. The highest BCUT2D eigenvalue weighted by Gasteiger charge is 2.53. The molecule has 0 radical (unpaired) electrons. The second kappa shape index (κ2) is 7.07. The van der Waals surface area contributed by atoms with Crippen molar-refractivity contribution in [2.75, 3.05) is 0 Å². The number of rotatable bonds is 4. The molecule has 3 rings (SSSR count). The summed E-state index contributed by atoms with van der Waals surface area (Å²) in [5.41, 5.74) is 1.65. The first-order valence-corrected chi connectivity index (χ1v) is 9.48. The molecule has 1 heterocycles. The first-order chi connectivity index (χ1) is 11.9. The van der Waals surface area contributed by atoms with Gasteiger partial charge in [0.25, 0.3) is 11.8 Å². The number of imide groups is 1. The van der Waals surface area contributed by atoms with Crippen LogP contribution in [0.4, 0.5) is 4.79 Å². The van der Waals surface area contributed by atoms with Gasteiger partial charge in [0.2, 0.25) is 0 Å². The van der Waals surface area contributed by atoms with E-state index in [1.54, 1.807) is 6.92 Å². The summed E-state index contributed by atoms with van der Waals surface area (Å²) < 4.78 is 0. The minimum atomic E-state index is -0.841. The molecule has 7 heteroatoms. The lowest BCUT2D eigenvalue weighted by Gasteiger charge is -2.33. The van der Waals surface area contributed by atoms with Crippen molar-refractivity contribution in [3.63, 3.8) is 0 Å². The quantitative estimate of drug-likeness (QED) is 0.638. The third-order valence-corrected chi connectivity index (χ3v) is 6.05. The third-order valence-electron chi connectivity index (χ3n) is 4.94. The molecule has 4 amide bonds. The summed E-state index contributed by atoms with van der Waals surface area (Å²) in [6, 6.07) is 9.01. The van der Waals surface area contributed by atoms with Crippen LogP contribution in [0.25, 0.3) is 0 Å². The van der Waals surface area contributed by atoms with E-state index >= 15 is 0 Å². The molecular formula is C18H23N3O3S. The van der Waals surface area contributed by atoms with E-state index in [0.717, 1.165) is 22.7 Å². The fourth-order valence-corrected chi connectivity index (χ4v) is 4.16. The van der Waals surface area contributed by atoms with Crippen LogP contribution < -0.4 is 10.7 Å². The molecule has 0 aromatic heterocycles. The Hall–Kier alpha value is -2.02. The maximum atomic E-state index is 12.7. The standard InChI is InChI=1S/C18H23N3O3S/c1-12-8-10-18(11-9-12)16(23)21(17(24)19-18)20-15(22)13(2)25-14-6-4-3-5-7-14/h3-7,12-13H,8-11H2,1-2H3,(H,19,24)(H,20,22). The number of benzene rings is 1. The highest BCUT2D eigenvalue weighted by Crippen LogP contribution is 2.35. The van der Waals surface area contributed by atoms with Crippen molar-refractivity contribution >= 4 is 29.6 Å². The highest BCUT2D eigenvalue weighted by atomic mass is 32.2. The summed E-state index contributed by atoms with van der Waals surface area (Å²) in [6.45, 7) is 3.90. The van der Waals surface area contributed by atoms with E-state index in [1.165, 1.54) is 11.8 Å². The molecule has 1 aromatic rings. The SMILES string of the molecule is CC1CCC2(CC1)NC(=O)N(NC(=O)C(C)Sc1ccccc1)C2=O. The van der Waals surface area contributed by atoms with Crippen LogP contribution in [0.1, 0.15) is 39.5 Å². The first-order valence-electron chi connectivity index (χ1n) is 8.60. The molecule has 0 bridgehead atoms. The molecular weight excluding hydrogens is 338 g/mol. The van der Waals surface area contributed by atoms with Gasteiger partial charge in [0, 0.05) is 4.90 Å². The lowest BCUT2D eigenvalue weighted by Crippen LogP contribution is -2.52. The van der Waals surface area contributed by atoms with Crippen molar-refractivity contribution in [3.8, 4) is 0 Å². The average Bonchev–Trinajstić information content (AvgIpc) is 2.83. The van der Waals surface area contributed by atoms with Crippen LogP contribution in [0.3, 0.4) is 0 Å². The fraction of sp³-hybridized carbons (Fsp3) is 0.500. The van der Waals surface area contributed by atoms with Crippen LogP contribution in [0.5, 0.6) is 0 Å². The van der Waals surface area contributed by atoms with Crippen molar-refractivity contribution in [1.29, 1.82) is 0 Å². The average molecular weight is 361 g/mol. The molecule has 2 aliphatic rings. The van der Waals surface area contributed by atoms with Crippen LogP contribution in [-0.4, -0.2) is 33.6 Å². The molecule has 1 aliphatic heterocycles. The zero-order valence-electron chi connectivity index (χ0n) is 14.5. The number of nitrogens with one attached hydrogen (secondary N) is 2. The number of carbonyl (C=O) groups excluding carboxylic acids is 3. The largest absolute Gasteiger partial charge is 0.344 e. The summed E-state index contributed by atoms with van der Waals surface area (Å²) in [5, 5.41) is 3.24. The molecule has 1 aromatic carbocycles. The number of urea groups is 1. The zero-order valence-corrected chi connectivity index (χ0v) is 15.3. The van der Waals surface area contributed by atoms with Gasteiger partial charge in [-0.15, -0.1) is 11.8 Å². The second-order valence-corrected chi connectivity index (χ2v) is 8.30. The van der Waals surface area contributed by atoms with E-state index in [1.807, 2.05) is 30.3 Å². The van der Waals surface area contributed by atoms with Gasteiger partial charge in [0.05, 0.1) is 5.25 Å². The Morgan fingerprint density at radius 1 is 1.28 bits per heavy atom. The molecule has 1 atom stereocenters. The Bertz CT molecular complexity index is 671. The number of amides is 4. The fourth-order valence-electron chi connectivity index (χ4n) is 3.27. The van der Waals surface area contributed by atoms with Gasteiger partial charge >= 0.3 is 6.03 Å². The van der Waals surface area contributed by atoms with Crippen molar-refractivity contribution in [1.82, 2.24) is 15.8 Å². The predicted octanol–water partition coefficient (Wildman–Crippen LogP) is 2.70. The van der Waals surface area contributed by atoms with Gasteiger partial charge in [0.15, 0.2) is 0 Å². The van der Waals surface area contributed by atoms with E-state index in [9.17, 15) is 14.4 Å². The van der Waals surface area contributed by atoms with Gasteiger partial charge in [-0.05, 0) is 50.7 Å². The molecule has 2 fully saturated rings. The third kappa shape index (κ3) is 3.66. The van der Waals surface area contributed by atoms with Gasteiger partial charge in [-0.25, -0.2) is 4.79 Å². The Balaban J connectivity index is 1.63. The van der Waals surface area contributed by atoms with Crippen LogP contribution >= 0.6 is 11.8 Å². The van der Waals surface area contributed by atoms with Gasteiger partial charge in [0.1, 0.15) is 5.54 Å². The van der Waals surface area contributed by atoms with Crippen LogP contribution in [0, 0.1) is 5.92 Å². The normalized spacial score (nSPS) is 27.3. The molecule has 1 unspecified atom stereocenters. The topological polar surface area (TPSA) is 78.5 Å². The minimum absolute atomic E-state index is 0.338. The maximum Gasteiger partial charge on any atom is 0.344 e. The van der Waals surface area contributed by atoms with Crippen molar-refractivity contribution in [3.05, 3.63) is 30.3 Å². The van der Waals surface area contributed by atoms with Gasteiger partial charge in [-0.2, -0.15) is 5.01 Å². The van der Waals surface area contributed by atoms with E-state index < -0.39 is 16.8 Å². The summed E-state index contributed by atoms with van der Waals surface area (Å²) in [6.07, 6.45) is 3.04. The van der Waals surface area contributed by atoms with E-state index in [2.05, 4.69) is 17.7 Å². The first kappa shape index (κ1) is 17.8. The summed E-state index contributed by atoms with van der Waals surface area (Å²) in [7, 11) is 0. The van der Waals surface area contributed by atoms with E-state index in [4.69, 9.17) is 0 Å².